The van der Waals surface area contributed by atoms with Crippen molar-refractivity contribution in [2.75, 3.05) is 26.1 Å². The minimum absolute atomic E-state index is 0.221. The van der Waals surface area contributed by atoms with Gasteiger partial charge in [0.15, 0.2) is 5.16 Å². The second kappa shape index (κ2) is 6.39. The molecule has 0 saturated carbocycles. The topological polar surface area (TPSA) is 77.1 Å². The third-order valence-corrected chi connectivity index (χ3v) is 2.12. The molecular weight excluding hydrogens is 206 g/mol. The normalized spacial score (nSPS) is 10.1. The second-order valence-electron chi connectivity index (χ2n) is 2.29. The van der Waals surface area contributed by atoms with E-state index in [9.17, 15) is 4.79 Å². The van der Waals surface area contributed by atoms with Crippen LogP contribution in [0.3, 0.4) is 0 Å². The average molecular weight is 217 g/mol. The van der Waals surface area contributed by atoms with E-state index in [2.05, 4.69) is 15.2 Å². The fraction of sp³-hybridized carbons (Fsp3) is 0.571. The molecule has 0 aliphatic heterocycles. The van der Waals surface area contributed by atoms with Gasteiger partial charge in [0.2, 0.25) is 0 Å². The van der Waals surface area contributed by atoms with Crippen LogP contribution in [0.1, 0.15) is 0 Å². The van der Waals surface area contributed by atoms with E-state index in [1.807, 2.05) is 0 Å². The number of carbonyl (C=O) groups is 1. The summed E-state index contributed by atoms with van der Waals surface area (Å²) in [6, 6.07) is 0. The highest BCUT2D eigenvalue weighted by atomic mass is 32.2. The van der Waals surface area contributed by atoms with Gasteiger partial charge in [-0.05, 0) is 0 Å². The average Bonchev–Trinajstić information content (AvgIpc) is 2.68. The third kappa shape index (κ3) is 4.24. The van der Waals surface area contributed by atoms with Crippen molar-refractivity contribution in [3.63, 3.8) is 0 Å². The van der Waals surface area contributed by atoms with Crippen molar-refractivity contribution in [3.05, 3.63) is 6.33 Å². The van der Waals surface area contributed by atoms with Crippen LogP contribution >= 0.6 is 11.8 Å². The molecule has 1 N–H and O–H groups in total. The lowest BCUT2D eigenvalue weighted by molar-refractivity contribution is -0.141. The molecule has 0 aliphatic rings. The summed E-state index contributed by atoms with van der Waals surface area (Å²) in [5.41, 5.74) is 0. The van der Waals surface area contributed by atoms with Crippen LogP contribution in [0, 0.1) is 0 Å². The van der Waals surface area contributed by atoms with Gasteiger partial charge >= 0.3 is 5.97 Å². The zero-order chi connectivity index (χ0) is 10.2. The molecule has 1 heterocycles. The van der Waals surface area contributed by atoms with Gasteiger partial charge in [0.25, 0.3) is 0 Å². The van der Waals surface area contributed by atoms with Gasteiger partial charge in [-0.3, -0.25) is 9.89 Å². The standard InChI is InChI=1S/C7H11N3O3S/c1-12-2-3-13-6(11)4-14-7-8-5-9-10-7/h5H,2-4H2,1H3,(H,8,9,10). The number of aromatic amines is 1. The summed E-state index contributed by atoms with van der Waals surface area (Å²) in [4.78, 5) is 14.9. The number of nitrogens with one attached hydrogen (secondary N) is 1. The molecule has 0 aromatic carbocycles. The minimum Gasteiger partial charge on any atom is -0.463 e. The molecule has 0 atom stereocenters. The largest absolute Gasteiger partial charge is 0.463 e. The van der Waals surface area contributed by atoms with Crippen LogP contribution in [0.15, 0.2) is 11.5 Å². The molecular formula is C7H11N3O3S. The maximum Gasteiger partial charge on any atom is 0.316 e. The lowest BCUT2D eigenvalue weighted by Gasteiger charge is -2.01. The number of carbonyl (C=O) groups excluding carboxylic acids is 1. The van der Waals surface area contributed by atoms with Gasteiger partial charge in [-0.15, -0.1) is 0 Å². The summed E-state index contributed by atoms with van der Waals surface area (Å²) in [6.07, 6.45) is 1.39. The van der Waals surface area contributed by atoms with Crippen molar-refractivity contribution in [2.45, 2.75) is 5.16 Å². The van der Waals surface area contributed by atoms with Gasteiger partial charge in [-0.1, -0.05) is 11.8 Å². The first kappa shape index (κ1) is 11.0. The summed E-state index contributed by atoms with van der Waals surface area (Å²) in [5.74, 6) is -0.0673. The van der Waals surface area contributed by atoms with E-state index in [1.54, 1.807) is 7.11 Å². The maximum absolute atomic E-state index is 11.1. The molecule has 1 aromatic rings. The summed E-state index contributed by atoms with van der Waals surface area (Å²) in [5, 5.41) is 6.88. The van der Waals surface area contributed by atoms with Gasteiger partial charge in [-0.25, -0.2) is 4.98 Å². The molecule has 1 aromatic heterocycles. The summed E-state index contributed by atoms with van der Waals surface area (Å²) in [7, 11) is 1.55. The Kier molecular flexibility index (Phi) is 5.02. The van der Waals surface area contributed by atoms with Crippen LogP contribution in [0.2, 0.25) is 0 Å². The highest BCUT2D eigenvalue weighted by Crippen LogP contribution is 2.10. The number of thioether (sulfide) groups is 1. The quantitative estimate of drug-likeness (QED) is 0.413. The number of rotatable bonds is 6. The molecule has 0 amide bonds. The fourth-order valence-electron chi connectivity index (χ4n) is 0.672. The first-order valence-electron chi connectivity index (χ1n) is 3.95. The number of esters is 1. The van der Waals surface area contributed by atoms with E-state index >= 15 is 0 Å². The first-order chi connectivity index (χ1) is 6.83. The Hall–Kier alpha value is -1.08. The molecule has 0 unspecified atom stereocenters. The predicted octanol–water partition coefficient (Wildman–Crippen LogP) is 0.0864. The predicted molar refractivity (Wildman–Crippen MR) is 49.9 cm³/mol. The van der Waals surface area contributed by atoms with Gasteiger partial charge < -0.3 is 9.47 Å². The molecule has 0 bridgehead atoms. The Bertz CT molecular complexity index is 265. The highest BCUT2D eigenvalue weighted by molar-refractivity contribution is 7.99. The molecule has 0 aliphatic carbocycles. The number of hydrogen-bond donors (Lipinski definition) is 1. The second-order valence-corrected chi connectivity index (χ2v) is 3.26. The van der Waals surface area contributed by atoms with Gasteiger partial charge in [0.05, 0.1) is 12.4 Å². The zero-order valence-electron chi connectivity index (χ0n) is 7.73. The Morgan fingerprint density at radius 1 is 1.64 bits per heavy atom. The van der Waals surface area contributed by atoms with E-state index in [-0.39, 0.29) is 18.3 Å². The maximum atomic E-state index is 11.1. The van der Waals surface area contributed by atoms with Crippen LogP contribution < -0.4 is 0 Å². The van der Waals surface area contributed by atoms with Crippen LogP contribution in [0.25, 0.3) is 0 Å². The lowest BCUT2D eigenvalue weighted by atomic mass is 10.7. The SMILES string of the molecule is COCCOC(=O)CSc1ncn[nH]1. The Labute approximate surface area is 85.4 Å². The fourth-order valence-corrected chi connectivity index (χ4v) is 1.25. The van der Waals surface area contributed by atoms with E-state index in [0.29, 0.717) is 11.8 Å². The summed E-state index contributed by atoms with van der Waals surface area (Å²) >= 11 is 1.25. The third-order valence-electron chi connectivity index (χ3n) is 1.27. The number of methoxy groups -OCH3 is 1. The van der Waals surface area contributed by atoms with Crippen LogP contribution in [0.4, 0.5) is 0 Å². The Morgan fingerprint density at radius 3 is 3.14 bits per heavy atom. The van der Waals surface area contributed by atoms with E-state index in [4.69, 9.17) is 9.47 Å². The van der Waals surface area contributed by atoms with Crippen molar-refractivity contribution < 1.29 is 14.3 Å². The molecule has 7 heteroatoms. The molecule has 0 spiro atoms. The van der Waals surface area contributed by atoms with Crippen LogP contribution in [-0.2, 0) is 14.3 Å². The first-order valence-corrected chi connectivity index (χ1v) is 4.94. The Morgan fingerprint density at radius 2 is 2.50 bits per heavy atom. The minimum atomic E-state index is -0.288. The number of aromatic nitrogens is 3. The summed E-state index contributed by atoms with van der Waals surface area (Å²) < 4.78 is 9.56. The van der Waals surface area contributed by atoms with Crippen molar-refractivity contribution in [3.8, 4) is 0 Å². The van der Waals surface area contributed by atoms with Crippen molar-refractivity contribution in [1.82, 2.24) is 15.2 Å². The molecule has 0 saturated heterocycles. The van der Waals surface area contributed by atoms with Crippen LogP contribution in [-0.4, -0.2) is 47.2 Å². The van der Waals surface area contributed by atoms with Crippen molar-refractivity contribution >= 4 is 17.7 Å². The molecule has 0 radical (unpaired) electrons. The Balaban J connectivity index is 2.09. The highest BCUT2D eigenvalue weighted by Gasteiger charge is 2.05. The van der Waals surface area contributed by atoms with Crippen molar-refractivity contribution in [2.24, 2.45) is 0 Å². The van der Waals surface area contributed by atoms with E-state index < -0.39 is 0 Å². The monoisotopic (exact) mass is 217 g/mol. The van der Waals surface area contributed by atoms with Gasteiger partial charge in [0.1, 0.15) is 12.9 Å². The molecule has 78 valence electrons. The molecule has 0 fully saturated rings. The number of ether oxygens (including phenoxy) is 2. The van der Waals surface area contributed by atoms with E-state index in [0.717, 1.165) is 0 Å². The van der Waals surface area contributed by atoms with Gasteiger partial charge in [0, 0.05) is 7.11 Å². The van der Waals surface area contributed by atoms with E-state index in [1.165, 1.54) is 18.1 Å². The molecule has 1 rings (SSSR count). The molecule has 6 nitrogen and oxygen atoms in total. The number of hydrogen-bond acceptors (Lipinski definition) is 6. The number of nitrogens with zero attached hydrogens (tertiary/aromatic N) is 2. The zero-order valence-corrected chi connectivity index (χ0v) is 8.54. The van der Waals surface area contributed by atoms with Crippen LogP contribution in [0.5, 0.6) is 0 Å². The number of H-pyrrole nitrogens is 1. The van der Waals surface area contributed by atoms with Gasteiger partial charge in [-0.2, -0.15) is 5.10 Å². The van der Waals surface area contributed by atoms with Crippen molar-refractivity contribution in [1.29, 1.82) is 0 Å². The smallest absolute Gasteiger partial charge is 0.316 e. The molecule has 14 heavy (non-hydrogen) atoms. The summed E-state index contributed by atoms with van der Waals surface area (Å²) in [6.45, 7) is 0.699. The lowest BCUT2D eigenvalue weighted by Crippen LogP contribution is -2.11.